The van der Waals surface area contributed by atoms with Crippen LogP contribution in [0.5, 0.6) is 11.5 Å². The number of amides is 1. The van der Waals surface area contributed by atoms with Gasteiger partial charge < -0.3 is 9.84 Å². The molecule has 0 aliphatic carbocycles. The molecule has 27 heavy (non-hydrogen) atoms. The molecule has 3 rings (SSSR count). The van der Waals surface area contributed by atoms with Crippen LogP contribution in [0.1, 0.15) is 36.9 Å². The number of hydrazone groups is 1. The standard InChI is InChI=1S/C20H24N4O3/c1-2-11-27-17-9-5-15(6-10-17)18-12-19(23-22-18)20(26)24-21-13-14-3-7-16(25)8-4-14/h3-10,13,18-19,22-23,25H,2,11-12H2,1H3,(H,24,26)/b21-13+. The number of ether oxygens (including phenoxy) is 1. The smallest absolute Gasteiger partial charge is 0.258 e. The van der Waals surface area contributed by atoms with E-state index in [1.807, 2.05) is 24.3 Å². The van der Waals surface area contributed by atoms with Crippen LogP contribution in [0.15, 0.2) is 53.6 Å². The second-order valence-electron chi connectivity index (χ2n) is 6.37. The van der Waals surface area contributed by atoms with E-state index < -0.39 is 0 Å². The summed E-state index contributed by atoms with van der Waals surface area (Å²) in [7, 11) is 0. The van der Waals surface area contributed by atoms with Gasteiger partial charge in [-0.1, -0.05) is 19.1 Å². The number of nitrogens with one attached hydrogen (secondary N) is 3. The van der Waals surface area contributed by atoms with E-state index in [1.165, 1.54) is 6.21 Å². The Bertz CT molecular complexity index is 775. The van der Waals surface area contributed by atoms with E-state index >= 15 is 0 Å². The Hall–Kier alpha value is -2.90. The van der Waals surface area contributed by atoms with Crippen molar-refractivity contribution in [3.8, 4) is 11.5 Å². The molecule has 2 unspecified atom stereocenters. The molecule has 0 aromatic heterocycles. The summed E-state index contributed by atoms with van der Waals surface area (Å²) >= 11 is 0. The average molecular weight is 368 g/mol. The zero-order chi connectivity index (χ0) is 19.1. The topological polar surface area (TPSA) is 95.0 Å². The third-order valence-electron chi connectivity index (χ3n) is 4.26. The van der Waals surface area contributed by atoms with Gasteiger partial charge in [0, 0.05) is 6.04 Å². The summed E-state index contributed by atoms with van der Waals surface area (Å²) in [5, 5.41) is 13.2. The number of carbonyl (C=O) groups is 1. The van der Waals surface area contributed by atoms with Gasteiger partial charge in [-0.25, -0.2) is 16.3 Å². The number of hydrogen-bond acceptors (Lipinski definition) is 6. The summed E-state index contributed by atoms with van der Waals surface area (Å²) in [6.07, 6.45) is 3.13. The van der Waals surface area contributed by atoms with Gasteiger partial charge in [-0.2, -0.15) is 5.10 Å². The molecule has 1 aliphatic rings. The average Bonchev–Trinajstić information content (AvgIpc) is 3.18. The van der Waals surface area contributed by atoms with Gasteiger partial charge in [0.15, 0.2) is 0 Å². The van der Waals surface area contributed by atoms with Crippen LogP contribution in [0.4, 0.5) is 0 Å². The largest absolute Gasteiger partial charge is 0.508 e. The molecule has 142 valence electrons. The zero-order valence-corrected chi connectivity index (χ0v) is 15.2. The van der Waals surface area contributed by atoms with Crippen LogP contribution >= 0.6 is 0 Å². The van der Waals surface area contributed by atoms with E-state index in [0.717, 1.165) is 23.3 Å². The highest BCUT2D eigenvalue weighted by Gasteiger charge is 2.29. The van der Waals surface area contributed by atoms with Crippen molar-refractivity contribution in [1.82, 2.24) is 16.3 Å². The molecular weight excluding hydrogens is 344 g/mol. The van der Waals surface area contributed by atoms with E-state index in [1.54, 1.807) is 24.3 Å². The van der Waals surface area contributed by atoms with Gasteiger partial charge in [0.1, 0.15) is 17.5 Å². The molecular formula is C20H24N4O3. The van der Waals surface area contributed by atoms with Crippen molar-refractivity contribution in [1.29, 1.82) is 0 Å². The maximum Gasteiger partial charge on any atom is 0.258 e. The molecule has 2 aromatic rings. The Morgan fingerprint density at radius 1 is 1.22 bits per heavy atom. The van der Waals surface area contributed by atoms with Gasteiger partial charge in [-0.15, -0.1) is 0 Å². The second-order valence-corrected chi connectivity index (χ2v) is 6.37. The van der Waals surface area contributed by atoms with Crippen molar-refractivity contribution < 1.29 is 14.6 Å². The molecule has 7 heteroatoms. The van der Waals surface area contributed by atoms with Crippen LogP contribution in [0.3, 0.4) is 0 Å². The van der Waals surface area contributed by atoms with E-state index in [2.05, 4.69) is 28.3 Å². The second kappa shape index (κ2) is 9.16. The lowest BCUT2D eigenvalue weighted by Crippen LogP contribution is -2.41. The van der Waals surface area contributed by atoms with Crippen molar-refractivity contribution in [2.75, 3.05) is 6.61 Å². The number of carbonyl (C=O) groups excluding carboxylic acids is 1. The fourth-order valence-electron chi connectivity index (χ4n) is 2.77. The predicted octanol–water partition coefficient (Wildman–Crippen LogP) is 2.24. The molecule has 4 N–H and O–H groups in total. The Balaban J connectivity index is 1.49. The number of hydrazine groups is 1. The van der Waals surface area contributed by atoms with Crippen molar-refractivity contribution in [3.05, 3.63) is 59.7 Å². The zero-order valence-electron chi connectivity index (χ0n) is 15.2. The van der Waals surface area contributed by atoms with Crippen LogP contribution in [0.25, 0.3) is 0 Å². The number of phenols is 1. The Morgan fingerprint density at radius 3 is 2.67 bits per heavy atom. The fourth-order valence-corrected chi connectivity index (χ4v) is 2.77. The van der Waals surface area contributed by atoms with E-state index in [4.69, 9.17) is 4.74 Å². The Morgan fingerprint density at radius 2 is 1.96 bits per heavy atom. The number of benzene rings is 2. The van der Waals surface area contributed by atoms with Gasteiger partial charge in [0.05, 0.1) is 12.8 Å². The summed E-state index contributed by atoms with van der Waals surface area (Å²) in [4.78, 5) is 12.3. The van der Waals surface area contributed by atoms with E-state index in [9.17, 15) is 9.90 Å². The highest BCUT2D eigenvalue weighted by atomic mass is 16.5. The monoisotopic (exact) mass is 368 g/mol. The molecule has 2 aromatic carbocycles. The first-order valence-corrected chi connectivity index (χ1v) is 9.01. The lowest BCUT2D eigenvalue weighted by atomic mass is 10.0. The van der Waals surface area contributed by atoms with Gasteiger partial charge in [-0.05, 0) is 60.4 Å². The van der Waals surface area contributed by atoms with Gasteiger partial charge >= 0.3 is 0 Å². The number of aromatic hydroxyl groups is 1. The lowest BCUT2D eigenvalue weighted by Gasteiger charge is -2.11. The van der Waals surface area contributed by atoms with Gasteiger partial charge in [-0.3, -0.25) is 4.79 Å². The quantitative estimate of drug-likeness (QED) is 0.444. The highest BCUT2D eigenvalue weighted by molar-refractivity contribution is 5.85. The molecule has 0 saturated carbocycles. The van der Waals surface area contributed by atoms with E-state index in [-0.39, 0.29) is 23.7 Å². The first-order chi connectivity index (χ1) is 13.2. The molecule has 0 spiro atoms. The normalized spacial score (nSPS) is 19.3. The van der Waals surface area contributed by atoms with Gasteiger partial charge in [0.25, 0.3) is 5.91 Å². The summed E-state index contributed by atoms with van der Waals surface area (Å²) < 4.78 is 5.59. The number of nitrogens with zero attached hydrogens (tertiary/aromatic N) is 1. The van der Waals surface area contributed by atoms with Gasteiger partial charge in [0.2, 0.25) is 0 Å². The molecule has 1 aliphatic heterocycles. The third kappa shape index (κ3) is 5.29. The molecule has 2 atom stereocenters. The van der Waals surface area contributed by atoms with Crippen LogP contribution < -0.4 is 21.0 Å². The minimum atomic E-state index is -0.372. The minimum Gasteiger partial charge on any atom is -0.508 e. The molecule has 1 saturated heterocycles. The molecule has 1 heterocycles. The Kier molecular flexibility index (Phi) is 6.40. The fraction of sp³-hybridized carbons (Fsp3) is 0.300. The first-order valence-electron chi connectivity index (χ1n) is 9.01. The maximum atomic E-state index is 12.3. The molecule has 7 nitrogen and oxygen atoms in total. The number of phenolic OH excluding ortho intramolecular Hbond substituents is 1. The van der Waals surface area contributed by atoms with Crippen molar-refractivity contribution >= 4 is 12.1 Å². The highest BCUT2D eigenvalue weighted by Crippen LogP contribution is 2.24. The SMILES string of the molecule is CCCOc1ccc(C2CC(C(=O)N/N=C/c3ccc(O)cc3)NN2)cc1. The molecule has 1 amide bonds. The van der Waals surface area contributed by atoms with Crippen LogP contribution in [-0.4, -0.2) is 29.9 Å². The maximum absolute atomic E-state index is 12.3. The van der Waals surface area contributed by atoms with Crippen molar-refractivity contribution in [2.45, 2.75) is 31.8 Å². The first kappa shape index (κ1) is 18.9. The number of rotatable bonds is 7. The molecule has 0 bridgehead atoms. The predicted molar refractivity (Wildman–Crippen MR) is 103 cm³/mol. The van der Waals surface area contributed by atoms with Crippen molar-refractivity contribution in [3.63, 3.8) is 0 Å². The Labute approximate surface area is 158 Å². The molecule has 0 radical (unpaired) electrons. The lowest BCUT2D eigenvalue weighted by molar-refractivity contribution is -0.122. The molecule has 1 fully saturated rings. The van der Waals surface area contributed by atoms with Crippen LogP contribution in [0.2, 0.25) is 0 Å². The van der Waals surface area contributed by atoms with Crippen LogP contribution in [-0.2, 0) is 4.79 Å². The number of hydrogen-bond donors (Lipinski definition) is 4. The summed E-state index contributed by atoms with van der Waals surface area (Å²) in [6, 6.07) is 14.1. The van der Waals surface area contributed by atoms with E-state index in [0.29, 0.717) is 13.0 Å². The summed E-state index contributed by atoms with van der Waals surface area (Å²) in [5.41, 5.74) is 10.6. The summed E-state index contributed by atoms with van der Waals surface area (Å²) in [5.74, 6) is 0.834. The minimum absolute atomic E-state index is 0.0436. The van der Waals surface area contributed by atoms with Crippen LogP contribution in [0, 0.1) is 0 Å². The van der Waals surface area contributed by atoms with Crippen molar-refractivity contribution in [2.24, 2.45) is 5.10 Å². The third-order valence-corrected chi connectivity index (χ3v) is 4.26. The summed E-state index contributed by atoms with van der Waals surface area (Å²) in [6.45, 7) is 2.78.